The van der Waals surface area contributed by atoms with E-state index in [1.807, 2.05) is 0 Å². The lowest BCUT2D eigenvalue weighted by Gasteiger charge is -2.10. The Bertz CT molecular complexity index is 616. The van der Waals surface area contributed by atoms with Gasteiger partial charge in [0.15, 0.2) is 6.61 Å². The van der Waals surface area contributed by atoms with E-state index in [0.717, 1.165) is 0 Å². The van der Waals surface area contributed by atoms with E-state index in [0.29, 0.717) is 5.69 Å². The number of carboxylic acid groups (broad SMARTS) is 1. The smallest absolute Gasteiger partial charge is 0.341 e. The Kier molecular flexibility index (Phi) is 4.23. The van der Waals surface area contributed by atoms with Crippen molar-refractivity contribution in [3.8, 4) is 5.75 Å². The Labute approximate surface area is 114 Å². The highest BCUT2D eigenvalue weighted by Crippen LogP contribution is 2.24. The van der Waals surface area contributed by atoms with Crippen molar-refractivity contribution in [2.75, 3.05) is 11.9 Å². The number of para-hydroxylation sites is 2. The van der Waals surface area contributed by atoms with Crippen LogP contribution in [0.25, 0.3) is 0 Å². The van der Waals surface area contributed by atoms with E-state index in [2.05, 4.69) is 15.3 Å². The minimum absolute atomic E-state index is 0.153. The number of carbonyl (C=O) groups excluding carboxylic acids is 1. The molecule has 1 aromatic carbocycles. The maximum atomic E-state index is 11.9. The predicted molar refractivity (Wildman–Crippen MR) is 69.6 cm³/mol. The Hall–Kier alpha value is -2.96. The average molecular weight is 273 g/mol. The van der Waals surface area contributed by atoms with Gasteiger partial charge in [-0.1, -0.05) is 12.1 Å². The molecule has 102 valence electrons. The lowest BCUT2D eigenvalue weighted by atomic mass is 10.3. The van der Waals surface area contributed by atoms with Gasteiger partial charge in [-0.2, -0.15) is 0 Å². The maximum Gasteiger partial charge on any atom is 0.341 e. The summed E-state index contributed by atoms with van der Waals surface area (Å²) in [7, 11) is 0. The van der Waals surface area contributed by atoms with Crippen LogP contribution in [0.15, 0.2) is 42.9 Å². The first kappa shape index (κ1) is 13.5. The summed E-state index contributed by atoms with van der Waals surface area (Å²) >= 11 is 0. The lowest BCUT2D eigenvalue weighted by Crippen LogP contribution is -2.16. The zero-order valence-electron chi connectivity index (χ0n) is 10.3. The molecule has 1 heterocycles. The monoisotopic (exact) mass is 273 g/mol. The molecule has 20 heavy (non-hydrogen) atoms. The molecule has 0 spiro atoms. The highest BCUT2D eigenvalue weighted by molar-refractivity contribution is 6.03. The van der Waals surface area contributed by atoms with Crippen molar-refractivity contribution in [2.45, 2.75) is 0 Å². The van der Waals surface area contributed by atoms with Crippen LogP contribution >= 0.6 is 0 Å². The molecular formula is C13H11N3O4. The Balaban J connectivity index is 2.13. The van der Waals surface area contributed by atoms with Crippen LogP contribution < -0.4 is 10.1 Å². The number of benzene rings is 1. The average Bonchev–Trinajstić information content (AvgIpc) is 2.47. The summed E-state index contributed by atoms with van der Waals surface area (Å²) < 4.78 is 5.09. The summed E-state index contributed by atoms with van der Waals surface area (Å²) in [5.74, 6) is -1.28. The number of carbonyl (C=O) groups is 2. The molecule has 7 nitrogen and oxygen atoms in total. The summed E-state index contributed by atoms with van der Waals surface area (Å²) in [6, 6.07) is 6.54. The number of aliphatic carboxylic acids is 1. The van der Waals surface area contributed by atoms with Crippen molar-refractivity contribution in [2.24, 2.45) is 0 Å². The number of rotatable bonds is 5. The Morgan fingerprint density at radius 3 is 2.75 bits per heavy atom. The van der Waals surface area contributed by atoms with Crippen LogP contribution in [0, 0.1) is 0 Å². The first-order valence-corrected chi connectivity index (χ1v) is 5.68. The van der Waals surface area contributed by atoms with Crippen LogP contribution in [0.3, 0.4) is 0 Å². The topological polar surface area (TPSA) is 101 Å². The summed E-state index contributed by atoms with van der Waals surface area (Å²) in [5, 5.41) is 11.2. The van der Waals surface area contributed by atoms with E-state index in [-0.39, 0.29) is 11.4 Å². The third-order valence-electron chi connectivity index (χ3n) is 2.28. The van der Waals surface area contributed by atoms with Gasteiger partial charge in [0.1, 0.15) is 11.4 Å². The number of aromatic nitrogens is 2. The summed E-state index contributed by atoms with van der Waals surface area (Å²) in [5.41, 5.74) is 0.518. The van der Waals surface area contributed by atoms with Crippen LogP contribution in [0.2, 0.25) is 0 Å². The molecule has 2 N–H and O–H groups in total. The largest absolute Gasteiger partial charge is 0.480 e. The number of hydrogen-bond donors (Lipinski definition) is 2. The van der Waals surface area contributed by atoms with E-state index in [4.69, 9.17) is 9.84 Å². The second-order valence-corrected chi connectivity index (χ2v) is 3.72. The standard InChI is InChI=1S/C13H11N3O4/c17-12(18)8-20-11-4-2-1-3-9(11)16-13(19)10-7-14-5-6-15-10/h1-7H,8H2,(H,16,19)(H,17,18). The number of nitrogens with zero attached hydrogens (tertiary/aromatic N) is 2. The van der Waals surface area contributed by atoms with Crippen LogP contribution in [0.1, 0.15) is 10.5 Å². The number of anilines is 1. The van der Waals surface area contributed by atoms with Crippen molar-refractivity contribution >= 4 is 17.6 Å². The highest BCUT2D eigenvalue weighted by Gasteiger charge is 2.11. The van der Waals surface area contributed by atoms with Crippen LogP contribution in [0.5, 0.6) is 5.75 Å². The van der Waals surface area contributed by atoms with Gasteiger partial charge in [0.25, 0.3) is 5.91 Å². The minimum atomic E-state index is -1.10. The van der Waals surface area contributed by atoms with Crippen molar-refractivity contribution in [1.82, 2.24) is 9.97 Å². The zero-order valence-corrected chi connectivity index (χ0v) is 10.3. The molecule has 0 bridgehead atoms. The van der Waals surface area contributed by atoms with Gasteiger partial charge in [0.05, 0.1) is 11.9 Å². The van der Waals surface area contributed by atoms with Gasteiger partial charge in [0, 0.05) is 12.4 Å². The molecule has 0 fully saturated rings. The second kappa shape index (κ2) is 6.28. The first-order chi connectivity index (χ1) is 9.66. The molecule has 0 atom stereocenters. The number of carboxylic acids is 1. The molecule has 0 aliphatic carbocycles. The second-order valence-electron chi connectivity index (χ2n) is 3.72. The highest BCUT2D eigenvalue weighted by atomic mass is 16.5. The normalized spacial score (nSPS) is 9.80. The lowest BCUT2D eigenvalue weighted by molar-refractivity contribution is -0.139. The molecule has 1 amide bonds. The molecule has 2 rings (SSSR count). The van der Waals surface area contributed by atoms with E-state index in [1.165, 1.54) is 18.6 Å². The molecule has 0 saturated heterocycles. The van der Waals surface area contributed by atoms with Crippen molar-refractivity contribution in [3.05, 3.63) is 48.5 Å². The summed E-state index contributed by atoms with van der Waals surface area (Å²) in [6.07, 6.45) is 4.19. The van der Waals surface area contributed by atoms with Gasteiger partial charge in [-0.05, 0) is 12.1 Å². The van der Waals surface area contributed by atoms with Crippen LogP contribution in [-0.4, -0.2) is 33.6 Å². The number of ether oxygens (including phenoxy) is 1. The van der Waals surface area contributed by atoms with E-state index >= 15 is 0 Å². The molecule has 2 aromatic rings. The van der Waals surface area contributed by atoms with E-state index < -0.39 is 18.5 Å². The van der Waals surface area contributed by atoms with Gasteiger partial charge >= 0.3 is 5.97 Å². The Morgan fingerprint density at radius 2 is 2.05 bits per heavy atom. The number of hydrogen-bond acceptors (Lipinski definition) is 5. The first-order valence-electron chi connectivity index (χ1n) is 5.68. The van der Waals surface area contributed by atoms with E-state index in [9.17, 15) is 9.59 Å². The summed E-state index contributed by atoms with van der Waals surface area (Å²) in [6.45, 7) is -0.488. The van der Waals surface area contributed by atoms with Gasteiger partial charge in [-0.25, -0.2) is 9.78 Å². The molecule has 0 saturated carbocycles. The van der Waals surface area contributed by atoms with Crippen molar-refractivity contribution in [3.63, 3.8) is 0 Å². The minimum Gasteiger partial charge on any atom is -0.480 e. The van der Waals surface area contributed by atoms with Crippen molar-refractivity contribution in [1.29, 1.82) is 0 Å². The molecule has 0 radical (unpaired) electrons. The van der Waals surface area contributed by atoms with E-state index in [1.54, 1.807) is 24.3 Å². The predicted octanol–water partition coefficient (Wildman–Crippen LogP) is 1.19. The van der Waals surface area contributed by atoms with Gasteiger partial charge in [0.2, 0.25) is 0 Å². The van der Waals surface area contributed by atoms with Crippen molar-refractivity contribution < 1.29 is 19.4 Å². The molecule has 7 heteroatoms. The third-order valence-corrected chi connectivity index (χ3v) is 2.28. The third kappa shape index (κ3) is 3.52. The SMILES string of the molecule is O=C(O)COc1ccccc1NC(=O)c1cnccn1. The van der Waals surface area contributed by atoms with Gasteiger partial charge < -0.3 is 15.2 Å². The fourth-order valence-corrected chi connectivity index (χ4v) is 1.44. The van der Waals surface area contributed by atoms with Gasteiger partial charge in [-0.15, -0.1) is 0 Å². The molecule has 0 unspecified atom stereocenters. The maximum absolute atomic E-state index is 11.9. The number of nitrogens with one attached hydrogen (secondary N) is 1. The van der Waals surface area contributed by atoms with Gasteiger partial charge in [-0.3, -0.25) is 9.78 Å². The molecular weight excluding hydrogens is 262 g/mol. The Morgan fingerprint density at radius 1 is 1.25 bits per heavy atom. The number of amides is 1. The zero-order chi connectivity index (χ0) is 14.4. The quantitative estimate of drug-likeness (QED) is 0.848. The fraction of sp³-hybridized carbons (Fsp3) is 0.0769. The fourth-order valence-electron chi connectivity index (χ4n) is 1.44. The molecule has 0 aliphatic heterocycles. The van der Waals surface area contributed by atoms with Crippen LogP contribution in [-0.2, 0) is 4.79 Å². The molecule has 1 aromatic heterocycles. The van der Waals surface area contributed by atoms with Crippen LogP contribution in [0.4, 0.5) is 5.69 Å². The summed E-state index contributed by atoms with van der Waals surface area (Å²) in [4.78, 5) is 30.1. The molecule has 0 aliphatic rings.